The summed E-state index contributed by atoms with van der Waals surface area (Å²) < 4.78 is 37.2. The average molecular weight is 759 g/mol. The highest BCUT2D eigenvalue weighted by Gasteiger charge is 2.01. The Morgan fingerprint density at radius 1 is 0.415 bits per heavy atom. The summed E-state index contributed by atoms with van der Waals surface area (Å²) in [6.45, 7) is 39.3. The zero-order valence-corrected chi connectivity index (χ0v) is 33.7. The van der Waals surface area contributed by atoms with Gasteiger partial charge in [0.1, 0.15) is 0 Å². The van der Waals surface area contributed by atoms with Crippen LogP contribution in [0, 0.1) is 0 Å². The Kier molecular flexibility index (Phi) is 56.1. The van der Waals surface area contributed by atoms with Gasteiger partial charge in [-0.2, -0.15) is 0 Å². The molecule has 0 aromatic heterocycles. The fourth-order valence-electron chi connectivity index (χ4n) is 1.82. The highest BCUT2D eigenvalue weighted by atomic mass is 16.7. The van der Waals surface area contributed by atoms with Gasteiger partial charge in [0.2, 0.25) is 0 Å². The Labute approximate surface area is 317 Å². The second-order valence-electron chi connectivity index (χ2n) is 9.68. The van der Waals surface area contributed by atoms with E-state index < -0.39 is 11.9 Å². The molecule has 0 unspecified atom stereocenters. The molecule has 0 bridgehead atoms. The lowest BCUT2D eigenvalue weighted by atomic mass is 10.4. The Balaban J connectivity index is -0.000000126. The summed E-state index contributed by atoms with van der Waals surface area (Å²) in [4.78, 5) is 62.4. The van der Waals surface area contributed by atoms with E-state index in [1.807, 2.05) is 27.7 Å². The maximum absolute atomic E-state index is 10.7. The molecule has 0 fully saturated rings. The van der Waals surface area contributed by atoms with Crippen molar-refractivity contribution in [2.24, 2.45) is 0 Å². The number of hydrogen-bond donors (Lipinski definition) is 0. The smallest absolute Gasteiger partial charge is 0.335 e. The molecule has 0 aromatic carbocycles. The number of carbonyl (C=O) groups excluding carboxylic acids is 6. The minimum Gasteiger partial charge on any atom is -0.463 e. The van der Waals surface area contributed by atoms with Crippen LogP contribution in [0.5, 0.6) is 0 Å². The van der Waals surface area contributed by atoms with Crippen LogP contribution in [0.4, 0.5) is 0 Å². The molecule has 14 heteroatoms. The summed E-state index contributed by atoms with van der Waals surface area (Å²) in [5.41, 5.74) is 1.31. The second-order valence-corrected chi connectivity index (χ2v) is 9.68. The van der Waals surface area contributed by atoms with Crippen LogP contribution in [0.15, 0.2) is 74.4 Å². The van der Waals surface area contributed by atoms with Gasteiger partial charge in [0.25, 0.3) is 0 Å². The molecule has 14 nitrogen and oxygen atoms in total. The van der Waals surface area contributed by atoms with Gasteiger partial charge >= 0.3 is 35.8 Å². The molecule has 0 radical (unpaired) electrons. The van der Waals surface area contributed by atoms with Crippen molar-refractivity contribution in [2.75, 3.05) is 53.2 Å². The number of esters is 6. The number of ether oxygens (including phenoxy) is 8. The summed E-state index contributed by atoms with van der Waals surface area (Å²) >= 11 is 0. The molecular formula is C39H66O14. The molecule has 0 aromatic rings. The number of hydrogen-bond acceptors (Lipinski definition) is 14. The van der Waals surface area contributed by atoms with Gasteiger partial charge < -0.3 is 37.9 Å². The quantitative estimate of drug-likeness (QED) is 0.0404. The molecule has 0 atom stereocenters. The van der Waals surface area contributed by atoms with E-state index in [1.54, 1.807) is 34.6 Å². The first-order valence-corrected chi connectivity index (χ1v) is 17.0. The SMILES string of the molecule is C=C(C)C(=O)OCC.C=C(C)C(=O)OCCC.C=C(C)C(=O)OCOCCC.C=CC(=O)OCC.C=CC(=O)OCCC.C=CC(=O)OCOCCC. The highest BCUT2D eigenvalue weighted by Crippen LogP contribution is 1.93. The predicted octanol–water partition coefficient (Wildman–Crippen LogP) is 7.09. The molecule has 0 heterocycles. The first-order chi connectivity index (χ1) is 25.0. The fourth-order valence-corrected chi connectivity index (χ4v) is 1.82. The Hall–Kier alpha value is -4.82. The summed E-state index contributed by atoms with van der Waals surface area (Å²) in [7, 11) is 0. The van der Waals surface area contributed by atoms with Crippen molar-refractivity contribution in [2.45, 2.75) is 88.0 Å². The average Bonchev–Trinajstić information content (AvgIpc) is 3.14. The van der Waals surface area contributed by atoms with Crippen LogP contribution in [-0.4, -0.2) is 89.0 Å². The van der Waals surface area contributed by atoms with E-state index in [-0.39, 0.29) is 37.5 Å². The van der Waals surface area contributed by atoms with Crippen LogP contribution in [-0.2, 0) is 66.7 Å². The molecule has 0 N–H and O–H groups in total. The third-order valence-electron chi connectivity index (χ3n) is 4.25. The van der Waals surface area contributed by atoms with Crippen LogP contribution < -0.4 is 0 Å². The van der Waals surface area contributed by atoms with Gasteiger partial charge in [-0.3, -0.25) is 0 Å². The first kappa shape index (κ1) is 60.3. The van der Waals surface area contributed by atoms with Gasteiger partial charge in [0, 0.05) is 34.9 Å². The van der Waals surface area contributed by atoms with E-state index in [4.69, 9.17) is 14.2 Å². The molecule has 306 valence electrons. The third-order valence-corrected chi connectivity index (χ3v) is 4.25. The molecule has 53 heavy (non-hydrogen) atoms. The van der Waals surface area contributed by atoms with Crippen molar-refractivity contribution in [1.29, 1.82) is 0 Å². The van der Waals surface area contributed by atoms with Gasteiger partial charge in [-0.25, -0.2) is 28.8 Å². The Morgan fingerprint density at radius 2 is 0.717 bits per heavy atom. The van der Waals surface area contributed by atoms with Crippen molar-refractivity contribution in [3.05, 3.63) is 74.4 Å². The lowest BCUT2D eigenvalue weighted by Crippen LogP contribution is -2.08. The van der Waals surface area contributed by atoms with Crippen molar-refractivity contribution >= 4 is 35.8 Å². The maximum Gasteiger partial charge on any atom is 0.335 e. The van der Waals surface area contributed by atoms with E-state index in [1.165, 1.54) is 0 Å². The van der Waals surface area contributed by atoms with Crippen LogP contribution >= 0.6 is 0 Å². The Morgan fingerprint density at radius 3 is 1.02 bits per heavy atom. The maximum atomic E-state index is 10.7. The normalized spacial score (nSPS) is 8.55. The molecule has 0 aliphatic rings. The highest BCUT2D eigenvalue weighted by molar-refractivity contribution is 5.87. The molecule has 0 spiro atoms. The van der Waals surface area contributed by atoms with Crippen LogP contribution in [0.1, 0.15) is 88.0 Å². The summed E-state index contributed by atoms with van der Waals surface area (Å²) in [6, 6.07) is 0. The summed E-state index contributed by atoms with van der Waals surface area (Å²) in [6.07, 6.45) is 6.98. The van der Waals surface area contributed by atoms with Gasteiger partial charge in [-0.1, -0.05) is 67.2 Å². The van der Waals surface area contributed by atoms with E-state index in [0.29, 0.717) is 56.4 Å². The van der Waals surface area contributed by atoms with Gasteiger partial charge in [0.05, 0.1) is 39.6 Å². The molecule has 0 amide bonds. The lowest BCUT2D eigenvalue weighted by Gasteiger charge is -2.03. The predicted molar refractivity (Wildman–Crippen MR) is 205 cm³/mol. The number of carbonyl (C=O) groups is 6. The van der Waals surface area contributed by atoms with Crippen LogP contribution in [0.2, 0.25) is 0 Å². The minimum atomic E-state index is -0.448. The fraction of sp³-hybridized carbons (Fsp3) is 0.538. The number of rotatable bonds is 20. The van der Waals surface area contributed by atoms with Crippen molar-refractivity contribution in [1.82, 2.24) is 0 Å². The first-order valence-electron chi connectivity index (χ1n) is 17.0. The zero-order valence-electron chi connectivity index (χ0n) is 33.7. The standard InChI is InChI=1S/C8H14O3.C7H12O3.C7H12O2.2C6H10O2.C5H8O2/c1-4-5-10-6-11-8(9)7(2)3;1-3-5-9-6-10-7(8)4-2;1-4-5-9-7(8)6(2)3;1-4-8-6(7)5(2)3;1-3-5-8-6(7)4-2;1-3-5(6)7-4-2/h2,4-6H2,1,3H3;4H,2-3,5-6H2,1H3;2,4-5H2,1,3H3;2,4H2,1,3H3;4H,2-3,5H2,1H3;3H,1,4H2,2H3. The zero-order chi connectivity index (χ0) is 42.5. The molecule has 0 saturated heterocycles. The van der Waals surface area contributed by atoms with E-state index in [0.717, 1.165) is 43.9 Å². The van der Waals surface area contributed by atoms with Gasteiger partial charge in [-0.05, 0) is 60.3 Å². The lowest BCUT2D eigenvalue weighted by molar-refractivity contribution is -0.151. The van der Waals surface area contributed by atoms with E-state index in [9.17, 15) is 28.8 Å². The second kappa shape index (κ2) is 49.3. The molecular weight excluding hydrogens is 692 g/mol. The van der Waals surface area contributed by atoms with E-state index >= 15 is 0 Å². The van der Waals surface area contributed by atoms with Gasteiger partial charge in [0.15, 0.2) is 13.6 Å². The molecule has 0 aliphatic heterocycles. The largest absolute Gasteiger partial charge is 0.463 e. The van der Waals surface area contributed by atoms with Crippen LogP contribution in [0.25, 0.3) is 0 Å². The topological polar surface area (TPSA) is 176 Å². The minimum absolute atomic E-state index is 0.0265. The Bertz CT molecular complexity index is 1060. The monoisotopic (exact) mass is 758 g/mol. The van der Waals surface area contributed by atoms with Crippen molar-refractivity contribution in [3.63, 3.8) is 0 Å². The van der Waals surface area contributed by atoms with Gasteiger partial charge in [-0.15, -0.1) is 0 Å². The van der Waals surface area contributed by atoms with E-state index in [2.05, 4.69) is 63.2 Å². The molecule has 0 rings (SSSR count). The van der Waals surface area contributed by atoms with Crippen molar-refractivity contribution in [3.8, 4) is 0 Å². The molecule has 0 aliphatic carbocycles. The van der Waals surface area contributed by atoms with Crippen molar-refractivity contribution < 1.29 is 66.7 Å². The van der Waals surface area contributed by atoms with Crippen LogP contribution in [0.3, 0.4) is 0 Å². The summed E-state index contributed by atoms with van der Waals surface area (Å²) in [5, 5.41) is 0. The molecule has 0 saturated carbocycles. The third kappa shape index (κ3) is 62.7. The summed E-state index contributed by atoms with van der Waals surface area (Å²) in [5.74, 6) is -2.16.